The van der Waals surface area contributed by atoms with Crippen LogP contribution in [0.5, 0.6) is 0 Å². The molecule has 3 rings (SSSR count). The summed E-state index contributed by atoms with van der Waals surface area (Å²) in [5.74, 6) is 0.145. The highest BCUT2D eigenvalue weighted by molar-refractivity contribution is 6.08. The second kappa shape index (κ2) is 7.11. The summed E-state index contributed by atoms with van der Waals surface area (Å²) in [7, 11) is 1.70. The zero-order valence-electron chi connectivity index (χ0n) is 14.7. The number of amides is 4. The third-order valence-electron chi connectivity index (χ3n) is 6.10. The Morgan fingerprint density at radius 3 is 2.38 bits per heavy atom. The van der Waals surface area contributed by atoms with E-state index in [-0.39, 0.29) is 24.4 Å². The Bertz CT molecular complexity index is 508. The van der Waals surface area contributed by atoms with Gasteiger partial charge in [-0.05, 0) is 31.6 Å². The van der Waals surface area contributed by atoms with Gasteiger partial charge in [-0.2, -0.15) is 0 Å². The topological polar surface area (TPSA) is 69.7 Å². The van der Waals surface area contributed by atoms with Crippen LogP contribution in [0.3, 0.4) is 0 Å². The number of carbonyl (C=O) groups is 3. The Balaban J connectivity index is 1.57. The van der Waals surface area contributed by atoms with Crippen LogP contribution in [0.2, 0.25) is 0 Å². The quantitative estimate of drug-likeness (QED) is 0.801. The first-order chi connectivity index (χ1) is 11.5. The molecule has 24 heavy (non-hydrogen) atoms. The average Bonchev–Trinajstić information content (AvgIpc) is 2.78. The monoisotopic (exact) mass is 335 g/mol. The number of urea groups is 1. The van der Waals surface area contributed by atoms with Crippen molar-refractivity contribution < 1.29 is 14.4 Å². The first-order valence-corrected chi connectivity index (χ1v) is 9.41. The molecule has 1 aliphatic heterocycles. The van der Waals surface area contributed by atoms with Crippen LogP contribution in [0.15, 0.2) is 0 Å². The number of hydrogen-bond donors (Lipinski definition) is 1. The lowest BCUT2D eigenvalue weighted by Crippen LogP contribution is -2.49. The van der Waals surface area contributed by atoms with Crippen molar-refractivity contribution in [3.05, 3.63) is 0 Å². The van der Waals surface area contributed by atoms with Crippen LogP contribution < -0.4 is 5.32 Å². The third kappa shape index (κ3) is 3.15. The Hall–Kier alpha value is -1.59. The molecule has 1 saturated heterocycles. The number of rotatable bonds is 4. The van der Waals surface area contributed by atoms with E-state index in [1.807, 2.05) is 0 Å². The van der Waals surface area contributed by atoms with E-state index in [4.69, 9.17) is 0 Å². The summed E-state index contributed by atoms with van der Waals surface area (Å²) >= 11 is 0. The molecule has 0 aromatic heterocycles. The highest BCUT2D eigenvalue weighted by atomic mass is 16.2. The third-order valence-corrected chi connectivity index (χ3v) is 6.10. The summed E-state index contributed by atoms with van der Waals surface area (Å²) < 4.78 is 0. The number of imide groups is 1. The average molecular weight is 335 g/mol. The van der Waals surface area contributed by atoms with E-state index in [2.05, 4.69) is 5.32 Å². The smallest absolute Gasteiger partial charge is 0.327 e. The number of likely N-dealkylation sites (N-methyl/N-ethyl adjacent to an activating group) is 1. The summed E-state index contributed by atoms with van der Waals surface area (Å²) in [5.41, 5.74) is -0.695. The van der Waals surface area contributed by atoms with Crippen LogP contribution in [0.1, 0.15) is 64.2 Å². The summed E-state index contributed by atoms with van der Waals surface area (Å²) in [4.78, 5) is 40.3. The standard InChI is InChI=1S/C18H29N3O3/c1-20-17(24)21(16(23)18(20)10-6-3-7-11-18)13-15(22)19-12-14-8-4-2-5-9-14/h14H,2-13H2,1H3,(H,19,22). The van der Waals surface area contributed by atoms with Gasteiger partial charge < -0.3 is 10.2 Å². The van der Waals surface area contributed by atoms with Crippen LogP contribution in [-0.2, 0) is 9.59 Å². The van der Waals surface area contributed by atoms with E-state index in [1.54, 1.807) is 11.9 Å². The van der Waals surface area contributed by atoms with E-state index in [0.29, 0.717) is 25.3 Å². The SMILES string of the molecule is CN1C(=O)N(CC(=O)NCC2CCCCC2)C(=O)C12CCCCC2. The molecule has 0 unspecified atom stereocenters. The van der Waals surface area contributed by atoms with Gasteiger partial charge in [-0.15, -0.1) is 0 Å². The minimum absolute atomic E-state index is 0.142. The van der Waals surface area contributed by atoms with Crippen LogP contribution in [0.4, 0.5) is 4.79 Å². The lowest BCUT2D eigenvalue weighted by molar-refractivity contribution is -0.137. The van der Waals surface area contributed by atoms with Gasteiger partial charge in [0.1, 0.15) is 12.1 Å². The van der Waals surface area contributed by atoms with Crippen LogP contribution >= 0.6 is 0 Å². The van der Waals surface area contributed by atoms with Crippen molar-refractivity contribution in [1.82, 2.24) is 15.1 Å². The zero-order chi connectivity index (χ0) is 17.2. The maximum Gasteiger partial charge on any atom is 0.327 e. The Kier molecular flexibility index (Phi) is 5.11. The molecule has 1 heterocycles. The van der Waals surface area contributed by atoms with Gasteiger partial charge in [0.2, 0.25) is 5.91 Å². The molecule has 0 aromatic carbocycles. The van der Waals surface area contributed by atoms with Crippen molar-refractivity contribution in [2.45, 2.75) is 69.7 Å². The fourth-order valence-corrected chi connectivity index (χ4v) is 4.52. The molecule has 0 aromatic rings. The van der Waals surface area contributed by atoms with Crippen molar-refractivity contribution in [2.75, 3.05) is 20.1 Å². The van der Waals surface area contributed by atoms with Crippen molar-refractivity contribution in [2.24, 2.45) is 5.92 Å². The molecule has 1 spiro atoms. The largest absolute Gasteiger partial charge is 0.354 e. The van der Waals surface area contributed by atoms with E-state index in [9.17, 15) is 14.4 Å². The maximum absolute atomic E-state index is 12.8. The summed E-state index contributed by atoms with van der Waals surface area (Å²) in [6.07, 6.45) is 10.5. The van der Waals surface area contributed by atoms with Gasteiger partial charge in [0.05, 0.1) is 0 Å². The van der Waals surface area contributed by atoms with E-state index < -0.39 is 5.54 Å². The van der Waals surface area contributed by atoms with Crippen molar-refractivity contribution >= 4 is 17.8 Å². The molecule has 4 amide bonds. The molecule has 2 saturated carbocycles. The molecule has 1 N–H and O–H groups in total. The molecule has 3 fully saturated rings. The lowest BCUT2D eigenvalue weighted by atomic mass is 9.81. The lowest BCUT2D eigenvalue weighted by Gasteiger charge is -2.35. The minimum atomic E-state index is -0.695. The Morgan fingerprint density at radius 1 is 1.08 bits per heavy atom. The summed E-state index contributed by atoms with van der Waals surface area (Å²) in [6.45, 7) is 0.520. The molecule has 6 nitrogen and oxygen atoms in total. The first-order valence-electron chi connectivity index (χ1n) is 9.41. The normalized spacial score (nSPS) is 24.7. The molecule has 2 aliphatic carbocycles. The van der Waals surface area contributed by atoms with Gasteiger partial charge >= 0.3 is 6.03 Å². The number of nitrogens with one attached hydrogen (secondary N) is 1. The van der Waals surface area contributed by atoms with E-state index in [1.165, 1.54) is 19.3 Å². The van der Waals surface area contributed by atoms with Gasteiger partial charge in [-0.3, -0.25) is 14.5 Å². The van der Waals surface area contributed by atoms with Crippen molar-refractivity contribution in [1.29, 1.82) is 0 Å². The summed E-state index contributed by atoms with van der Waals surface area (Å²) in [5, 5.41) is 2.92. The van der Waals surface area contributed by atoms with E-state index in [0.717, 1.165) is 37.0 Å². The molecule has 6 heteroatoms. The van der Waals surface area contributed by atoms with Gasteiger partial charge in [0.15, 0.2) is 0 Å². The Labute approximate surface area is 143 Å². The highest BCUT2D eigenvalue weighted by Gasteiger charge is 2.55. The fourth-order valence-electron chi connectivity index (χ4n) is 4.52. The Morgan fingerprint density at radius 2 is 1.71 bits per heavy atom. The molecule has 0 bridgehead atoms. The number of hydrogen-bond acceptors (Lipinski definition) is 3. The van der Waals surface area contributed by atoms with Crippen LogP contribution in [0, 0.1) is 5.92 Å². The van der Waals surface area contributed by atoms with Crippen molar-refractivity contribution in [3.63, 3.8) is 0 Å². The van der Waals surface area contributed by atoms with Gasteiger partial charge in [0, 0.05) is 13.6 Å². The molecular weight excluding hydrogens is 306 g/mol. The van der Waals surface area contributed by atoms with Crippen LogP contribution in [0.25, 0.3) is 0 Å². The maximum atomic E-state index is 12.8. The second-order valence-electron chi connectivity index (χ2n) is 7.63. The molecule has 3 aliphatic rings. The van der Waals surface area contributed by atoms with Gasteiger partial charge in [0.25, 0.3) is 5.91 Å². The molecule has 0 atom stereocenters. The predicted molar refractivity (Wildman–Crippen MR) is 90.3 cm³/mol. The van der Waals surface area contributed by atoms with Crippen molar-refractivity contribution in [3.8, 4) is 0 Å². The zero-order valence-corrected chi connectivity index (χ0v) is 14.7. The first kappa shape index (κ1) is 17.2. The van der Waals surface area contributed by atoms with E-state index >= 15 is 0 Å². The van der Waals surface area contributed by atoms with Gasteiger partial charge in [-0.1, -0.05) is 38.5 Å². The number of nitrogens with zero attached hydrogens (tertiary/aromatic N) is 2. The second-order valence-corrected chi connectivity index (χ2v) is 7.63. The summed E-state index contributed by atoms with van der Waals surface area (Å²) in [6, 6.07) is -0.324. The van der Waals surface area contributed by atoms with Crippen LogP contribution in [-0.4, -0.2) is 53.3 Å². The highest BCUT2D eigenvalue weighted by Crippen LogP contribution is 2.39. The minimum Gasteiger partial charge on any atom is -0.354 e. The molecular formula is C18H29N3O3. The number of carbonyl (C=O) groups excluding carboxylic acids is 3. The molecule has 134 valence electrons. The molecule has 0 radical (unpaired) electrons. The fraction of sp³-hybridized carbons (Fsp3) is 0.833. The predicted octanol–water partition coefficient (Wildman–Crippen LogP) is 2.28. The van der Waals surface area contributed by atoms with Gasteiger partial charge in [-0.25, -0.2) is 4.79 Å².